The average Bonchev–Trinajstić information content (AvgIpc) is 3.25. The zero-order chi connectivity index (χ0) is 20.5. The summed E-state index contributed by atoms with van der Waals surface area (Å²) in [5, 5.41) is 3.51. The number of likely N-dealkylation sites (tertiary alicyclic amines) is 1. The van der Waals surface area contributed by atoms with Crippen LogP contribution in [0.15, 0.2) is 24.3 Å². The molecule has 0 aliphatic carbocycles. The van der Waals surface area contributed by atoms with Crippen LogP contribution in [-0.2, 0) is 9.59 Å². The quantitative estimate of drug-likeness (QED) is 0.747. The van der Waals surface area contributed by atoms with Gasteiger partial charge >= 0.3 is 0 Å². The van der Waals surface area contributed by atoms with Gasteiger partial charge in [0.25, 0.3) is 5.91 Å². The molecule has 0 bridgehead atoms. The number of thiazole rings is 1. The molecule has 2 aliphatic rings. The molecule has 2 saturated heterocycles. The molecule has 1 aromatic carbocycles. The molecule has 2 fully saturated rings. The van der Waals surface area contributed by atoms with E-state index in [4.69, 9.17) is 0 Å². The number of Topliss-reactive ketones (excluding diaryl/α,β-unsaturated/α-hetero) is 1. The van der Waals surface area contributed by atoms with Crippen molar-refractivity contribution < 1.29 is 18.8 Å². The third-order valence-corrected chi connectivity index (χ3v) is 7.29. The van der Waals surface area contributed by atoms with Crippen molar-refractivity contribution in [2.24, 2.45) is 0 Å². The SMILES string of the molecule is Cc1nc(-c2ccc(F)cc2)sc1C(=O)NC1CCCCN1C1C(=O)CSC1=O. The fraction of sp³-hybridized carbons (Fsp3) is 0.400. The number of nitrogens with one attached hydrogen (secondary N) is 1. The lowest BCUT2D eigenvalue weighted by atomic mass is 10.0. The van der Waals surface area contributed by atoms with Crippen molar-refractivity contribution in [2.75, 3.05) is 12.3 Å². The number of hydrogen-bond acceptors (Lipinski definition) is 7. The molecular weight excluding hydrogens is 413 g/mol. The lowest BCUT2D eigenvalue weighted by molar-refractivity contribution is -0.129. The Morgan fingerprint density at radius 2 is 2.00 bits per heavy atom. The number of hydrogen-bond donors (Lipinski definition) is 1. The van der Waals surface area contributed by atoms with Crippen molar-refractivity contribution in [2.45, 2.75) is 38.4 Å². The standard InChI is InChI=1S/C20H20FN3O3S2/c1-11-17(29-19(22-11)12-5-7-13(21)8-6-12)18(26)23-15-4-2-3-9-24(15)16-14(25)10-28-20(16)27/h5-8,15-16H,2-4,9-10H2,1H3,(H,23,26). The van der Waals surface area contributed by atoms with E-state index < -0.39 is 6.04 Å². The van der Waals surface area contributed by atoms with Crippen LogP contribution in [0.5, 0.6) is 0 Å². The van der Waals surface area contributed by atoms with Crippen LogP contribution in [0, 0.1) is 12.7 Å². The molecule has 0 spiro atoms. The first-order valence-electron chi connectivity index (χ1n) is 9.43. The van der Waals surface area contributed by atoms with Gasteiger partial charge in [-0.15, -0.1) is 11.3 Å². The molecule has 0 radical (unpaired) electrons. The molecule has 152 valence electrons. The van der Waals surface area contributed by atoms with Gasteiger partial charge < -0.3 is 5.32 Å². The van der Waals surface area contributed by atoms with E-state index in [0.717, 1.165) is 30.2 Å². The van der Waals surface area contributed by atoms with Crippen molar-refractivity contribution in [3.8, 4) is 10.6 Å². The molecule has 2 unspecified atom stereocenters. The van der Waals surface area contributed by atoms with Crippen LogP contribution in [-0.4, -0.2) is 51.2 Å². The van der Waals surface area contributed by atoms with Crippen LogP contribution < -0.4 is 5.32 Å². The van der Waals surface area contributed by atoms with Crippen LogP contribution >= 0.6 is 23.1 Å². The van der Waals surface area contributed by atoms with Gasteiger partial charge in [0.05, 0.1) is 17.6 Å². The van der Waals surface area contributed by atoms with E-state index in [9.17, 15) is 18.8 Å². The van der Waals surface area contributed by atoms with E-state index in [0.29, 0.717) is 28.5 Å². The third kappa shape index (κ3) is 4.12. The second-order valence-electron chi connectivity index (χ2n) is 7.14. The maximum atomic E-state index is 13.2. The molecule has 2 aromatic rings. The summed E-state index contributed by atoms with van der Waals surface area (Å²) in [7, 11) is 0. The van der Waals surface area contributed by atoms with Gasteiger partial charge in [0.15, 0.2) is 5.78 Å². The average molecular weight is 434 g/mol. The Morgan fingerprint density at radius 3 is 2.69 bits per heavy atom. The summed E-state index contributed by atoms with van der Waals surface area (Å²) in [6.07, 6.45) is 2.15. The fourth-order valence-corrected chi connectivity index (χ4v) is 5.55. The highest BCUT2D eigenvalue weighted by molar-refractivity contribution is 8.15. The molecule has 1 aromatic heterocycles. The van der Waals surface area contributed by atoms with Crippen LogP contribution in [0.2, 0.25) is 0 Å². The Kier molecular flexibility index (Phi) is 5.80. The lowest BCUT2D eigenvalue weighted by Crippen LogP contribution is -2.57. The van der Waals surface area contributed by atoms with Crippen molar-refractivity contribution in [1.29, 1.82) is 0 Å². The molecule has 0 saturated carbocycles. The molecule has 1 N–H and O–H groups in total. The molecule has 3 heterocycles. The van der Waals surface area contributed by atoms with Gasteiger partial charge in [0.1, 0.15) is 21.7 Å². The lowest BCUT2D eigenvalue weighted by Gasteiger charge is -2.38. The number of amides is 1. The number of carbonyl (C=O) groups excluding carboxylic acids is 3. The minimum Gasteiger partial charge on any atom is -0.336 e. The summed E-state index contributed by atoms with van der Waals surface area (Å²) in [5.74, 6) is -0.480. The summed E-state index contributed by atoms with van der Waals surface area (Å²) in [6.45, 7) is 2.37. The first-order chi connectivity index (χ1) is 13.9. The van der Waals surface area contributed by atoms with Crippen LogP contribution in [0.25, 0.3) is 10.6 Å². The van der Waals surface area contributed by atoms with Gasteiger partial charge in [0, 0.05) is 12.1 Å². The summed E-state index contributed by atoms with van der Waals surface area (Å²) >= 11 is 2.30. The largest absolute Gasteiger partial charge is 0.336 e. The zero-order valence-corrected chi connectivity index (χ0v) is 17.4. The molecule has 2 atom stereocenters. The molecule has 1 amide bonds. The summed E-state index contributed by atoms with van der Waals surface area (Å²) in [6, 6.07) is 5.22. The second-order valence-corrected chi connectivity index (χ2v) is 9.12. The highest BCUT2D eigenvalue weighted by Crippen LogP contribution is 2.30. The number of rotatable bonds is 4. The molecular formula is C20H20FN3O3S2. The summed E-state index contributed by atoms with van der Waals surface area (Å²) in [4.78, 5) is 44.1. The van der Waals surface area contributed by atoms with Crippen molar-refractivity contribution in [1.82, 2.24) is 15.2 Å². The number of nitrogens with zero attached hydrogens (tertiary/aromatic N) is 2. The maximum Gasteiger partial charge on any atom is 0.264 e. The molecule has 9 heteroatoms. The Morgan fingerprint density at radius 1 is 1.24 bits per heavy atom. The van der Waals surface area contributed by atoms with Crippen LogP contribution in [0.3, 0.4) is 0 Å². The Labute approximate surface area is 175 Å². The number of halogens is 1. The number of carbonyl (C=O) groups is 3. The van der Waals surface area contributed by atoms with Gasteiger partial charge in [-0.25, -0.2) is 9.37 Å². The Hall–Kier alpha value is -2.10. The Bertz CT molecular complexity index is 944. The van der Waals surface area contributed by atoms with Gasteiger partial charge in [0.2, 0.25) is 5.12 Å². The predicted octanol–water partition coefficient (Wildman–Crippen LogP) is 3.01. The highest BCUT2D eigenvalue weighted by atomic mass is 32.2. The second kappa shape index (κ2) is 8.33. The molecule has 6 nitrogen and oxygen atoms in total. The number of piperidine rings is 1. The maximum absolute atomic E-state index is 13.2. The minimum atomic E-state index is -0.761. The van der Waals surface area contributed by atoms with Gasteiger partial charge in [-0.05, 0) is 50.5 Å². The number of ketones is 1. The number of aromatic nitrogens is 1. The van der Waals surface area contributed by atoms with Crippen molar-refractivity contribution in [3.63, 3.8) is 0 Å². The molecule has 4 rings (SSSR count). The zero-order valence-electron chi connectivity index (χ0n) is 15.8. The van der Waals surface area contributed by atoms with Crippen LogP contribution in [0.1, 0.15) is 34.6 Å². The third-order valence-electron chi connectivity index (χ3n) is 5.15. The first kappa shape index (κ1) is 20.2. The number of benzene rings is 1. The highest BCUT2D eigenvalue weighted by Gasteiger charge is 2.42. The smallest absolute Gasteiger partial charge is 0.264 e. The van der Waals surface area contributed by atoms with E-state index in [-0.39, 0.29) is 34.5 Å². The van der Waals surface area contributed by atoms with E-state index in [1.165, 1.54) is 23.5 Å². The van der Waals surface area contributed by atoms with E-state index in [1.807, 2.05) is 4.90 Å². The summed E-state index contributed by atoms with van der Waals surface area (Å²) in [5.41, 5.74) is 1.34. The summed E-state index contributed by atoms with van der Waals surface area (Å²) < 4.78 is 13.2. The van der Waals surface area contributed by atoms with Crippen LogP contribution in [0.4, 0.5) is 4.39 Å². The van der Waals surface area contributed by atoms with Gasteiger partial charge in [-0.1, -0.05) is 11.8 Å². The van der Waals surface area contributed by atoms with Crippen molar-refractivity contribution in [3.05, 3.63) is 40.7 Å². The molecule has 2 aliphatic heterocycles. The van der Waals surface area contributed by atoms with E-state index in [2.05, 4.69) is 10.3 Å². The molecule has 29 heavy (non-hydrogen) atoms. The minimum absolute atomic E-state index is 0.0892. The number of thioether (sulfide) groups is 1. The fourth-order valence-electron chi connectivity index (χ4n) is 3.71. The topological polar surface area (TPSA) is 79.4 Å². The van der Waals surface area contributed by atoms with Crippen molar-refractivity contribution >= 4 is 39.9 Å². The predicted molar refractivity (Wildman–Crippen MR) is 110 cm³/mol. The van der Waals surface area contributed by atoms with Gasteiger partial charge in [-0.3, -0.25) is 19.3 Å². The monoisotopic (exact) mass is 433 g/mol. The van der Waals surface area contributed by atoms with E-state index in [1.54, 1.807) is 19.1 Å². The number of aryl methyl sites for hydroxylation is 1. The van der Waals surface area contributed by atoms with E-state index >= 15 is 0 Å². The first-order valence-corrected chi connectivity index (χ1v) is 11.2. The normalized spacial score (nSPS) is 22.8. The van der Waals surface area contributed by atoms with Gasteiger partial charge in [-0.2, -0.15) is 0 Å². The Balaban J connectivity index is 1.53.